The molecule has 1 N–H and O–H groups in total. The van der Waals surface area contributed by atoms with E-state index < -0.39 is 0 Å². The van der Waals surface area contributed by atoms with Gasteiger partial charge in [0.25, 0.3) is 5.91 Å². The second-order valence-corrected chi connectivity index (χ2v) is 6.19. The fourth-order valence-electron chi connectivity index (χ4n) is 2.49. The highest BCUT2D eigenvalue weighted by molar-refractivity contribution is 6.31. The van der Waals surface area contributed by atoms with Crippen molar-refractivity contribution in [3.63, 3.8) is 0 Å². The standard InChI is InChI=1S/C19H19ClN4O2/c1-4-26-16-9-6-14(7-10-16)21-19(25)18-13(3)24(23-22-18)15-8-5-12(2)17(20)11-15/h5-11H,4H2,1-3H3,(H,21,25). The summed E-state index contributed by atoms with van der Waals surface area (Å²) in [5.74, 6) is 0.431. The van der Waals surface area contributed by atoms with E-state index in [1.165, 1.54) is 0 Å². The van der Waals surface area contributed by atoms with Gasteiger partial charge in [-0.2, -0.15) is 0 Å². The highest BCUT2D eigenvalue weighted by Gasteiger charge is 2.18. The fourth-order valence-corrected chi connectivity index (χ4v) is 2.66. The van der Waals surface area contributed by atoms with Crippen LogP contribution in [0.1, 0.15) is 28.7 Å². The van der Waals surface area contributed by atoms with E-state index in [0.29, 0.717) is 23.0 Å². The zero-order valence-electron chi connectivity index (χ0n) is 14.8. The van der Waals surface area contributed by atoms with E-state index in [-0.39, 0.29) is 11.6 Å². The van der Waals surface area contributed by atoms with E-state index >= 15 is 0 Å². The molecule has 7 heteroatoms. The number of rotatable bonds is 5. The average Bonchev–Trinajstić information content (AvgIpc) is 3.01. The minimum Gasteiger partial charge on any atom is -0.494 e. The van der Waals surface area contributed by atoms with Crippen LogP contribution in [-0.4, -0.2) is 27.5 Å². The van der Waals surface area contributed by atoms with Crippen molar-refractivity contribution >= 4 is 23.2 Å². The predicted octanol–water partition coefficient (Wildman–Crippen LogP) is 4.19. The first-order chi connectivity index (χ1) is 12.5. The Morgan fingerprint density at radius 2 is 1.92 bits per heavy atom. The summed E-state index contributed by atoms with van der Waals surface area (Å²) in [6.07, 6.45) is 0. The van der Waals surface area contributed by atoms with Gasteiger partial charge in [0.2, 0.25) is 0 Å². The Morgan fingerprint density at radius 3 is 2.58 bits per heavy atom. The van der Waals surface area contributed by atoms with Gasteiger partial charge in [0.15, 0.2) is 5.69 Å². The number of carbonyl (C=O) groups excluding carboxylic acids is 1. The molecule has 0 aliphatic rings. The van der Waals surface area contributed by atoms with Crippen LogP contribution in [0.3, 0.4) is 0 Å². The molecule has 3 rings (SSSR count). The van der Waals surface area contributed by atoms with Gasteiger partial charge in [-0.3, -0.25) is 4.79 Å². The zero-order chi connectivity index (χ0) is 18.7. The summed E-state index contributed by atoms with van der Waals surface area (Å²) < 4.78 is 6.99. The van der Waals surface area contributed by atoms with Gasteiger partial charge in [-0.05, 0) is 62.7 Å². The highest BCUT2D eigenvalue weighted by atomic mass is 35.5. The number of nitrogens with zero attached hydrogens (tertiary/aromatic N) is 3. The lowest BCUT2D eigenvalue weighted by molar-refractivity contribution is 0.102. The van der Waals surface area contributed by atoms with Crippen molar-refractivity contribution in [2.24, 2.45) is 0 Å². The Hall–Kier alpha value is -2.86. The number of aromatic nitrogens is 3. The molecule has 0 atom stereocenters. The normalized spacial score (nSPS) is 10.6. The fraction of sp³-hybridized carbons (Fsp3) is 0.211. The van der Waals surface area contributed by atoms with E-state index in [1.54, 1.807) is 41.9 Å². The van der Waals surface area contributed by atoms with Gasteiger partial charge in [0.1, 0.15) is 5.75 Å². The van der Waals surface area contributed by atoms with Crippen LogP contribution in [0.5, 0.6) is 5.75 Å². The van der Waals surface area contributed by atoms with Gasteiger partial charge >= 0.3 is 0 Å². The number of aryl methyl sites for hydroxylation is 1. The lowest BCUT2D eigenvalue weighted by Gasteiger charge is -2.07. The number of nitrogens with one attached hydrogen (secondary N) is 1. The molecule has 1 amide bonds. The first kappa shape index (κ1) is 17.9. The smallest absolute Gasteiger partial charge is 0.278 e. The van der Waals surface area contributed by atoms with Crippen molar-refractivity contribution in [3.8, 4) is 11.4 Å². The first-order valence-electron chi connectivity index (χ1n) is 8.22. The molecule has 1 aromatic heterocycles. The Labute approximate surface area is 156 Å². The molecule has 0 bridgehead atoms. The topological polar surface area (TPSA) is 69.0 Å². The molecule has 26 heavy (non-hydrogen) atoms. The van der Waals surface area contributed by atoms with Crippen molar-refractivity contribution in [1.82, 2.24) is 15.0 Å². The summed E-state index contributed by atoms with van der Waals surface area (Å²) in [7, 11) is 0. The van der Waals surface area contributed by atoms with E-state index in [2.05, 4.69) is 15.6 Å². The number of halogens is 1. The van der Waals surface area contributed by atoms with Crippen LogP contribution in [0, 0.1) is 13.8 Å². The van der Waals surface area contributed by atoms with E-state index in [1.807, 2.05) is 26.0 Å². The van der Waals surface area contributed by atoms with Crippen molar-refractivity contribution in [2.75, 3.05) is 11.9 Å². The Bertz CT molecular complexity index is 935. The van der Waals surface area contributed by atoms with Crippen molar-refractivity contribution < 1.29 is 9.53 Å². The minimum atomic E-state index is -0.323. The number of anilines is 1. The monoisotopic (exact) mass is 370 g/mol. The molecule has 0 aliphatic heterocycles. The second kappa shape index (κ2) is 7.58. The maximum Gasteiger partial charge on any atom is 0.278 e. The minimum absolute atomic E-state index is 0.260. The third-order valence-electron chi connectivity index (χ3n) is 3.93. The number of ether oxygens (including phenoxy) is 1. The predicted molar refractivity (Wildman–Crippen MR) is 101 cm³/mol. The maximum atomic E-state index is 12.5. The molecule has 0 saturated carbocycles. The third kappa shape index (κ3) is 3.70. The van der Waals surface area contributed by atoms with Crippen molar-refractivity contribution in [2.45, 2.75) is 20.8 Å². The van der Waals surface area contributed by atoms with Crippen LogP contribution in [0.25, 0.3) is 5.69 Å². The average molecular weight is 371 g/mol. The second-order valence-electron chi connectivity index (χ2n) is 5.78. The van der Waals surface area contributed by atoms with Crippen LogP contribution in [-0.2, 0) is 0 Å². The van der Waals surface area contributed by atoms with Crippen LogP contribution < -0.4 is 10.1 Å². The molecule has 3 aromatic rings. The maximum absolute atomic E-state index is 12.5. The number of carbonyl (C=O) groups is 1. The molecular formula is C19H19ClN4O2. The highest BCUT2D eigenvalue weighted by Crippen LogP contribution is 2.21. The largest absolute Gasteiger partial charge is 0.494 e. The summed E-state index contributed by atoms with van der Waals surface area (Å²) in [5, 5.41) is 11.6. The molecule has 0 fully saturated rings. The summed E-state index contributed by atoms with van der Waals surface area (Å²) >= 11 is 6.18. The molecule has 0 unspecified atom stereocenters. The molecule has 0 radical (unpaired) electrons. The van der Waals surface area contributed by atoms with Crippen molar-refractivity contribution in [3.05, 3.63) is 64.4 Å². The molecule has 0 aliphatic carbocycles. The number of hydrogen-bond acceptors (Lipinski definition) is 4. The number of benzene rings is 2. The van der Waals surface area contributed by atoms with Gasteiger partial charge < -0.3 is 10.1 Å². The van der Waals surface area contributed by atoms with Crippen LogP contribution in [0.2, 0.25) is 5.02 Å². The quantitative estimate of drug-likeness (QED) is 0.731. The van der Waals surface area contributed by atoms with Crippen molar-refractivity contribution in [1.29, 1.82) is 0 Å². The first-order valence-corrected chi connectivity index (χ1v) is 8.60. The summed E-state index contributed by atoms with van der Waals surface area (Å²) in [4.78, 5) is 12.5. The summed E-state index contributed by atoms with van der Waals surface area (Å²) in [6.45, 7) is 6.23. The van der Waals surface area contributed by atoms with Crippen LogP contribution in [0.15, 0.2) is 42.5 Å². The summed E-state index contributed by atoms with van der Waals surface area (Å²) in [5.41, 5.74) is 3.28. The molecular weight excluding hydrogens is 352 g/mol. The Balaban J connectivity index is 1.80. The van der Waals surface area contributed by atoms with Gasteiger partial charge in [-0.15, -0.1) is 5.10 Å². The Morgan fingerprint density at radius 1 is 1.19 bits per heavy atom. The van der Waals surface area contributed by atoms with Gasteiger partial charge in [-0.1, -0.05) is 22.9 Å². The van der Waals surface area contributed by atoms with Crippen LogP contribution in [0.4, 0.5) is 5.69 Å². The van der Waals surface area contributed by atoms with E-state index in [9.17, 15) is 4.79 Å². The number of hydrogen-bond donors (Lipinski definition) is 1. The lowest BCUT2D eigenvalue weighted by atomic mass is 10.2. The molecule has 0 saturated heterocycles. The van der Waals surface area contributed by atoms with Gasteiger partial charge in [0.05, 0.1) is 18.0 Å². The molecule has 134 valence electrons. The number of amides is 1. The molecule has 2 aromatic carbocycles. The molecule has 0 spiro atoms. The molecule has 1 heterocycles. The van der Waals surface area contributed by atoms with Crippen LogP contribution >= 0.6 is 11.6 Å². The summed E-state index contributed by atoms with van der Waals surface area (Å²) in [6, 6.07) is 12.8. The SMILES string of the molecule is CCOc1ccc(NC(=O)c2nnn(-c3ccc(C)c(Cl)c3)c2C)cc1. The van der Waals surface area contributed by atoms with Gasteiger partial charge in [-0.25, -0.2) is 4.68 Å². The third-order valence-corrected chi connectivity index (χ3v) is 4.34. The zero-order valence-corrected chi connectivity index (χ0v) is 15.5. The lowest BCUT2D eigenvalue weighted by Crippen LogP contribution is -2.14. The molecule has 6 nitrogen and oxygen atoms in total. The van der Waals surface area contributed by atoms with E-state index in [4.69, 9.17) is 16.3 Å². The Kier molecular flexibility index (Phi) is 5.23. The van der Waals surface area contributed by atoms with Gasteiger partial charge in [0, 0.05) is 10.7 Å². The van der Waals surface area contributed by atoms with E-state index in [0.717, 1.165) is 17.0 Å².